The second kappa shape index (κ2) is 8.25. The largest absolute Gasteiger partial charge is 0.352 e. The second-order valence-electron chi connectivity index (χ2n) is 6.33. The molecule has 122 valence electrons. The van der Waals surface area contributed by atoms with Gasteiger partial charge in [-0.1, -0.05) is 26.3 Å². The Morgan fingerprint density at radius 3 is 2.82 bits per heavy atom. The second-order valence-corrected chi connectivity index (χ2v) is 6.33. The third-order valence-electron chi connectivity index (χ3n) is 4.62. The molecule has 2 unspecified atom stereocenters. The SMILES string of the molecule is CCC(C)C(N)C(=O)NC1CCN(Cc2cccnc2)CC1. The van der Waals surface area contributed by atoms with Crippen LogP contribution in [0.15, 0.2) is 24.5 Å². The first kappa shape index (κ1) is 16.9. The molecule has 0 saturated carbocycles. The number of nitrogens with one attached hydrogen (secondary N) is 1. The van der Waals surface area contributed by atoms with Crippen LogP contribution >= 0.6 is 0 Å². The predicted molar refractivity (Wildman–Crippen MR) is 88.1 cm³/mol. The van der Waals surface area contributed by atoms with E-state index in [4.69, 9.17) is 5.73 Å². The van der Waals surface area contributed by atoms with E-state index in [0.29, 0.717) is 0 Å². The van der Waals surface area contributed by atoms with Crippen molar-refractivity contribution in [2.24, 2.45) is 11.7 Å². The maximum Gasteiger partial charge on any atom is 0.237 e. The fourth-order valence-electron chi connectivity index (χ4n) is 2.80. The number of nitrogens with zero attached hydrogens (tertiary/aromatic N) is 2. The molecular formula is C17H28N4O. The molecule has 22 heavy (non-hydrogen) atoms. The summed E-state index contributed by atoms with van der Waals surface area (Å²) in [5.41, 5.74) is 7.23. The first-order valence-electron chi connectivity index (χ1n) is 8.27. The molecule has 1 saturated heterocycles. The summed E-state index contributed by atoms with van der Waals surface area (Å²) in [4.78, 5) is 18.7. The molecule has 2 heterocycles. The molecule has 5 nitrogen and oxygen atoms in total. The Bertz CT molecular complexity index is 457. The summed E-state index contributed by atoms with van der Waals surface area (Å²) in [6.45, 7) is 7.02. The minimum absolute atomic E-state index is 0.0000550. The Labute approximate surface area is 133 Å². The van der Waals surface area contributed by atoms with E-state index in [1.807, 2.05) is 19.2 Å². The van der Waals surface area contributed by atoms with Crippen molar-refractivity contribution in [1.82, 2.24) is 15.2 Å². The third-order valence-corrected chi connectivity index (χ3v) is 4.62. The maximum absolute atomic E-state index is 12.1. The van der Waals surface area contributed by atoms with E-state index in [1.54, 1.807) is 6.20 Å². The van der Waals surface area contributed by atoms with Gasteiger partial charge in [-0.2, -0.15) is 0 Å². The predicted octanol–water partition coefficient (Wildman–Crippen LogP) is 1.54. The van der Waals surface area contributed by atoms with Crippen molar-refractivity contribution in [1.29, 1.82) is 0 Å². The van der Waals surface area contributed by atoms with Crippen molar-refractivity contribution in [2.75, 3.05) is 13.1 Å². The highest BCUT2D eigenvalue weighted by Gasteiger charge is 2.25. The first-order chi connectivity index (χ1) is 10.6. The van der Waals surface area contributed by atoms with Crippen LogP contribution < -0.4 is 11.1 Å². The Balaban J connectivity index is 1.74. The van der Waals surface area contributed by atoms with Gasteiger partial charge in [0.1, 0.15) is 0 Å². The molecule has 2 atom stereocenters. The van der Waals surface area contributed by atoms with Crippen molar-refractivity contribution in [3.8, 4) is 0 Å². The molecule has 0 aliphatic carbocycles. The van der Waals surface area contributed by atoms with Crippen LogP contribution in [-0.2, 0) is 11.3 Å². The molecule has 5 heteroatoms. The highest BCUT2D eigenvalue weighted by atomic mass is 16.2. The van der Waals surface area contributed by atoms with Crippen LogP contribution in [0.2, 0.25) is 0 Å². The highest BCUT2D eigenvalue weighted by molar-refractivity contribution is 5.82. The highest BCUT2D eigenvalue weighted by Crippen LogP contribution is 2.14. The van der Waals surface area contributed by atoms with Crippen molar-refractivity contribution >= 4 is 5.91 Å². The van der Waals surface area contributed by atoms with Crippen LogP contribution in [0, 0.1) is 5.92 Å². The number of pyridine rings is 1. The molecule has 2 rings (SSSR count). The van der Waals surface area contributed by atoms with Gasteiger partial charge in [0.05, 0.1) is 6.04 Å². The lowest BCUT2D eigenvalue weighted by molar-refractivity contribution is -0.124. The van der Waals surface area contributed by atoms with Crippen LogP contribution in [0.4, 0.5) is 0 Å². The van der Waals surface area contributed by atoms with Gasteiger partial charge in [0.2, 0.25) is 5.91 Å². The number of carbonyl (C=O) groups excluding carboxylic acids is 1. The van der Waals surface area contributed by atoms with Crippen LogP contribution in [0.1, 0.15) is 38.7 Å². The van der Waals surface area contributed by atoms with Gasteiger partial charge < -0.3 is 11.1 Å². The number of likely N-dealkylation sites (tertiary alicyclic amines) is 1. The monoisotopic (exact) mass is 304 g/mol. The summed E-state index contributed by atoms with van der Waals surface area (Å²) in [6, 6.07) is 3.94. The van der Waals surface area contributed by atoms with E-state index in [0.717, 1.165) is 38.9 Å². The van der Waals surface area contributed by atoms with Crippen LogP contribution in [0.5, 0.6) is 0 Å². The Hall–Kier alpha value is -1.46. The summed E-state index contributed by atoms with van der Waals surface area (Å²) in [5, 5.41) is 3.12. The van der Waals surface area contributed by atoms with Gasteiger partial charge in [0.15, 0.2) is 0 Å². The normalized spacial score (nSPS) is 19.6. The van der Waals surface area contributed by atoms with Crippen molar-refractivity contribution in [3.63, 3.8) is 0 Å². The van der Waals surface area contributed by atoms with Gasteiger partial charge in [-0.25, -0.2) is 0 Å². The van der Waals surface area contributed by atoms with Gasteiger partial charge in [-0.15, -0.1) is 0 Å². The Kier molecular flexibility index (Phi) is 6.34. The van der Waals surface area contributed by atoms with Crippen LogP contribution in [-0.4, -0.2) is 41.0 Å². The minimum atomic E-state index is -0.390. The molecular weight excluding hydrogens is 276 g/mol. The molecule has 1 aromatic rings. The average molecular weight is 304 g/mol. The third kappa shape index (κ3) is 4.78. The quantitative estimate of drug-likeness (QED) is 0.836. The number of amides is 1. The fraction of sp³-hybridized carbons (Fsp3) is 0.647. The minimum Gasteiger partial charge on any atom is -0.352 e. The van der Waals surface area contributed by atoms with Crippen molar-refractivity contribution in [2.45, 2.75) is 51.7 Å². The van der Waals surface area contributed by atoms with Gasteiger partial charge in [0.25, 0.3) is 0 Å². The van der Waals surface area contributed by atoms with Gasteiger partial charge >= 0.3 is 0 Å². The Morgan fingerprint density at radius 1 is 1.50 bits per heavy atom. The number of nitrogens with two attached hydrogens (primary N) is 1. The maximum atomic E-state index is 12.1. The zero-order valence-electron chi connectivity index (χ0n) is 13.7. The summed E-state index contributed by atoms with van der Waals surface area (Å²) in [6.07, 6.45) is 6.61. The summed E-state index contributed by atoms with van der Waals surface area (Å²) < 4.78 is 0. The van der Waals surface area contributed by atoms with Crippen molar-refractivity contribution in [3.05, 3.63) is 30.1 Å². The molecule has 0 radical (unpaired) electrons. The number of aromatic nitrogens is 1. The summed E-state index contributed by atoms with van der Waals surface area (Å²) in [7, 11) is 0. The zero-order valence-corrected chi connectivity index (χ0v) is 13.7. The van der Waals surface area contributed by atoms with E-state index < -0.39 is 6.04 Å². The van der Waals surface area contributed by atoms with Crippen LogP contribution in [0.3, 0.4) is 0 Å². The molecule has 0 spiro atoms. The molecule has 0 bridgehead atoms. The number of hydrogen-bond acceptors (Lipinski definition) is 4. The van der Waals surface area contributed by atoms with Gasteiger partial charge in [0, 0.05) is 38.1 Å². The number of hydrogen-bond donors (Lipinski definition) is 2. The van der Waals surface area contributed by atoms with Gasteiger partial charge in [-0.3, -0.25) is 14.7 Å². The van der Waals surface area contributed by atoms with E-state index in [-0.39, 0.29) is 17.9 Å². The fourth-order valence-corrected chi connectivity index (χ4v) is 2.80. The molecule has 0 aromatic carbocycles. The average Bonchev–Trinajstić information content (AvgIpc) is 2.56. The molecule has 1 aliphatic heterocycles. The number of piperidine rings is 1. The topological polar surface area (TPSA) is 71.2 Å². The lowest BCUT2D eigenvalue weighted by Crippen LogP contribution is -2.51. The smallest absolute Gasteiger partial charge is 0.237 e. The van der Waals surface area contributed by atoms with E-state index in [2.05, 4.69) is 28.2 Å². The zero-order chi connectivity index (χ0) is 15.9. The molecule has 1 fully saturated rings. The lowest BCUT2D eigenvalue weighted by atomic mass is 9.98. The van der Waals surface area contributed by atoms with Crippen LogP contribution in [0.25, 0.3) is 0 Å². The molecule has 1 amide bonds. The molecule has 3 N–H and O–H groups in total. The summed E-state index contributed by atoms with van der Waals surface area (Å²) >= 11 is 0. The number of rotatable bonds is 6. The lowest BCUT2D eigenvalue weighted by Gasteiger charge is -2.33. The first-order valence-corrected chi connectivity index (χ1v) is 8.27. The number of carbonyl (C=O) groups is 1. The Morgan fingerprint density at radius 2 is 2.23 bits per heavy atom. The molecule has 1 aromatic heterocycles. The summed E-state index contributed by atoms with van der Waals surface area (Å²) in [5.74, 6) is 0.228. The van der Waals surface area contributed by atoms with Crippen molar-refractivity contribution < 1.29 is 4.79 Å². The van der Waals surface area contributed by atoms with E-state index >= 15 is 0 Å². The van der Waals surface area contributed by atoms with E-state index in [1.165, 1.54) is 5.56 Å². The van der Waals surface area contributed by atoms with Gasteiger partial charge in [-0.05, 0) is 30.4 Å². The van der Waals surface area contributed by atoms with E-state index in [9.17, 15) is 4.79 Å². The molecule has 1 aliphatic rings. The standard InChI is InChI=1S/C17H28N4O/c1-3-13(2)16(18)17(22)20-15-6-9-21(10-7-15)12-14-5-4-8-19-11-14/h4-5,8,11,13,15-16H,3,6-7,9-10,12,18H2,1-2H3,(H,20,22).